The summed E-state index contributed by atoms with van der Waals surface area (Å²) in [6, 6.07) is 12.2. The Morgan fingerprint density at radius 3 is 2.58 bits per heavy atom. The van der Waals surface area contributed by atoms with Crippen molar-refractivity contribution in [2.24, 2.45) is 0 Å². The van der Waals surface area contributed by atoms with Crippen molar-refractivity contribution in [1.29, 1.82) is 0 Å². The zero-order chi connectivity index (χ0) is 21.2. The van der Waals surface area contributed by atoms with Gasteiger partial charge in [-0.05, 0) is 75.1 Å². The van der Waals surface area contributed by atoms with Gasteiger partial charge in [0.1, 0.15) is 17.5 Å². The van der Waals surface area contributed by atoms with Crippen molar-refractivity contribution in [3.8, 4) is 0 Å². The van der Waals surface area contributed by atoms with Crippen LogP contribution in [0.4, 0.5) is 15.9 Å². The molecule has 2 bridgehead atoms. The number of carbonyl (C=O) groups excluding carboxylic acids is 1. The number of halogens is 1. The number of nitrogens with one attached hydrogen (secondary N) is 1. The fourth-order valence-corrected chi connectivity index (χ4v) is 4.81. The van der Waals surface area contributed by atoms with Crippen LogP contribution in [0.15, 0.2) is 48.7 Å². The summed E-state index contributed by atoms with van der Waals surface area (Å²) in [5, 5.41) is 3.15. The van der Waals surface area contributed by atoms with Crippen LogP contribution in [0.1, 0.15) is 59.2 Å². The van der Waals surface area contributed by atoms with E-state index in [1.165, 1.54) is 24.3 Å². The number of pyridine rings is 1. The van der Waals surface area contributed by atoms with Crippen LogP contribution in [0.5, 0.6) is 0 Å². The molecule has 1 amide bonds. The number of benzene rings is 1. The van der Waals surface area contributed by atoms with Gasteiger partial charge in [0.25, 0.3) is 5.91 Å². The first-order valence-corrected chi connectivity index (χ1v) is 10.7. The van der Waals surface area contributed by atoms with Crippen molar-refractivity contribution in [2.75, 3.05) is 4.90 Å². The van der Waals surface area contributed by atoms with Crippen LogP contribution in [-0.2, 0) is 5.54 Å². The third-order valence-corrected chi connectivity index (χ3v) is 6.73. The molecule has 0 unspecified atom stereocenters. The maximum Gasteiger partial charge on any atom is 0.252 e. The first-order chi connectivity index (χ1) is 15.0. The summed E-state index contributed by atoms with van der Waals surface area (Å²) in [5.41, 5.74) is 3.13. The van der Waals surface area contributed by atoms with Crippen molar-refractivity contribution < 1.29 is 9.18 Å². The zero-order valence-corrected chi connectivity index (χ0v) is 17.2. The lowest BCUT2D eigenvalue weighted by atomic mass is 9.72. The standard InChI is InChI=1S/C24H22FN5O/c1-14-26-11-8-21(27-14)30-18-12-16(13-18)22-19(30)6-7-20(28-22)24(9-10-24)29-23(31)15-2-4-17(25)5-3-15/h2-8,11,16,18H,9-10,12-13H2,1H3,(H,29,31). The lowest BCUT2D eigenvalue weighted by Crippen LogP contribution is -2.47. The van der Waals surface area contributed by atoms with Gasteiger partial charge in [-0.25, -0.2) is 14.4 Å². The molecule has 2 saturated carbocycles. The second-order valence-corrected chi connectivity index (χ2v) is 8.80. The summed E-state index contributed by atoms with van der Waals surface area (Å²) >= 11 is 0. The number of hydrogen-bond donors (Lipinski definition) is 1. The lowest BCUT2D eigenvalue weighted by Gasteiger charge is -2.49. The molecule has 4 aliphatic rings. The van der Waals surface area contributed by atoms with E-state index < -0.39 is 5.54 Å². The molecule has 1 aromatic carbocycles. The van der Waals surface area contributed by atoms with E-state index in [0.717, 1.165) is 54.4 Å². The molecule has 0 atom stereocenters. The maximum absolute atomic E-state index is 13.2. The van der Waals surface area contributed by atoms with E-state index in [1.807, 2.05) is 19.1 Å². The monoisotopic (exact) mass is 415 g/mol. The van der Waals surface area contributed by atoms with Gasteiger partial charge in [0.2, 0.25) is 0 Å². The van der Waals surface area contributed by atoms with Crippen molar-refractivity contribution >= 4 is 17.4 Å². The lowest BCUT2D eigenvalue weighted by molar-refractivity contribution is 0.0929. The smallest absolute Gasteiger partial charge is 0.252 e. The summed E-state index contributed by atoms with van der Waals surface area (Å²) in [5.74, 6) is 1.58. The molecule has 2 aliphatic carbocycles. The fraction of sp³-hybridized carbons (Fsp3) is 0.333. The number of nitrogens with zero attached hydrogens (tertiary/aromatic N) is 4. The van der Waals surface area contributed by atoms with Crippen molar-refractivity contribution in [3.63, 3.8) is 0 Å². The van der Waals surface area contributed by atoms with Gasteiger partial charge in [-0.1, -0.05) is 0 Å². The molecule has 1 N–H and O–H groups in total. The van der Waals surface area contributed by atoms with Crippen LogP contribution in [0.25, 0.3) is 0 Å². The Hall–Kier alpha value is -3.35. The van der Waals surface area contributed by atoms with E-state index in [9.17, 15) is 9.18 Å². The zero-order valence-electron chi connectivity index (χ0n) is 17.2. The third-order valence-electron chi connectivity index (χ3n) is 6.73. The SMILES string of the molecule is Cc1nccc(N2c3ccc(C4(NC(=O)c5ccc(F)cc5)CC4)nc3C3CC2C3)n1. The average molecular weight is 415 g/mol. The predicted molar refractivity (Wildman–Crippen MR) is 114 cm³/mol. The average Bonchev–Trinajstić information content (AvgIpc) is 3.53. The van der Waals surface area contributed by atoms with Gasteiger partial charge in [0.05, 0.1) is 22.6 Å². The van der Waals surface area contributed by atoms with Crippen LogP contribution >= 0.6 is 0 Å². The largest absolute Gasteiger partial charge is 0.341 e. The van der Waals surface area contributed by atoms with Gasteiger partial charge in [0.15, 0.2) is 0 Å². The normalized spacial score (nSPS) is 22.3. The summed E-state index contributed by atoms with van der Waals surface area (Å²) in [4.78, 5) is 28.9. The fourth-order valence-electron chi connectivity index (χ4n) is 4.81. The molecular weight excluding hydrogens is 393 g/mol. The van der Waals surface area contributed by atoms with Gasteiger partial charge < -0.3 is 10.2 Å². The van der Waals surface area contributed by atoms with Gasteiger partial charge in [-0.3, -0.25) is 9.78 Å². The highest BCUT2D eigenvalue weighted by Gasteiger charge is 2.49. The summed E-state index contributed by atoms with van der Waals surface area (Å²) in [7, 11) is 0. The number of carbonyl (C=O) groups is 1. The van der Waals surface area contributed by atoms with Crippen LogP contribution in [0.2, 0.25) is 0 Å². The minimum atomic E-state index is -0.433. The molecular formula is C24H22FN5O. The Bertz CT molecular complexity index is 1180. The predicted octanol–water partition coefficient (Wildman–Crippen LogP) is 4.14. The number of aryl methyl sites for hydroxylation is 1. The highest BCUT2D eigenvalue weighted by molar-refractivity contribution is 5.95. The number of amides is 1. The Morgan fingerprint density at radius 1 is 1.10 bits per heavy atom. The summed E-state index contributed by atoms with van der Waals surface area (Å²) in [6.45, 7) is 1.90. The van der Waals surface area contributed by atoms with Gasteiger partial charge in [0, 0.05) is 23.7 Å². The third kappa shape index (κ3) is 2.99. The highest BCUT2D eigenvalue weighted by atomic mass is 19.1. The van der Waals surface area contributed by atoms with E-state index in [-0.39, 0.29) is 11.7 Å². The molecule has 7 heteroatoms. The summed E-state index contributed by atoms with van der Waals surface area (Å²) in [6.07, 6.45) is 5.65. The molecule has 6 nitrogen and oxygen atoms in total. The van der Waals surface area contributed by atoms with Crippen molar-refractivity contribution in [1.82, 2.24) is 20.3 Å². The Labute approximate surface area is 179 Å². The van der Waals surface area contributed by atoms with E-state index in [0.29, 0.717) is 17.5 Å². The van der Waals surface area contributed by atoms with Crippen molar-refractivity contribution in [2.45, 2.75) is 50.1 Å². The number of aromatic nitrogens is 3. The van der Waals surface area contributed by atoms with E-state index >= 15 is 0 Å². The van der Waals surface area contributed by atoms with E-state index in [4.69, 9.17) is 4.98 Å². The second-order valence-electron chi connectivity index (χ2n) is 8.80. The Kier molecular flexibility index (Phi) is 3.91. The number of rotatable bonds is 4. The minimum Gasteiger partial charge on any atom is -0.341 e. The molecule has 0 saturated heterocycles. The minimum absolute atomic E-state index is 0.196. The Balaban J connectivity index is 1.31. The van der Waals surface area contributed by atoms with Crippen LogP contribution in [0.3, 0.4) is 0 Å². The molecule has 7 rings (SSSR count). The molecule has 2 aromatic heterocycles. The van der Waals surface area contributed by atoms with Crippen LogP contribution < -0.4 is 10.2 Å². The molecule has 31 heavy (non-hydrogen) atoms. The van der Waals surface area contributed by atoms with Gasteiger partial charge in [-0.15, -0.1) is 0 Å². The second kappa shape index (κ2) is 6.57. The number of hydrogen-bond acceptors (Lipinski definition) is 5. The molecule has 3 aromatic rings. The molecule has 0 spiro atoms. The Morgan fingerprint density at radius 2 is 1.87 bits per heavy atom. The topological polar surface area (TPSA) is 71.0 Å². The highest BCUT2D eigenvalue weighted by Crippen LogP contribution is 2.53. The quantitative estimate of drug-likeness (QED) is 0.694. The maximum atomic E-state index is 13.2. The van der Waals surface area contributed by atoms with Crippen LogP contribution in [-0.4, -0.2) is 26.9 Å². The summed E-state index contributed by atoms with van der Waals surface area (Å²) < 4.78 is 13.2. The van der Waals surface area contributed by atoms with E-state index in [1.54, 1.807) is 6.20 Å². The first kappa shape index (κ1) is 18.4. The molecule has 156 valence electrons. The van der Waals surface area contributed by atoms with Gasteiger partial charge >= 0.3 is 0 Å². The number of anilines is 2. The van der Waals surface area contributed by atoms with Gasteiger partial charge in [-0.2, -0.15) is 0 Å². The molecule has 2 aliphatic heterocycles. The van der Waals surface area contributed by atoms with E-state index in [2.05, 4.69) is 26.3 Å². The van der Waals surface area contributed by atoms with Crippen LogP contribution in [0, 0.1) is 12.7 Å². The molecule has 0 radical (unpaired) electrons. The molecule has 4 heterocycles. The molecule has 2 fully saturated rings. The van der Waals surface area contributed by atoms with Crippen molar-refractivity contribution in [3.05, 3.63) is 77.3 Å². The first-order valence-electron chi connectivity index (χ1n) is 10.7.